The van der Waals surface area contributed by atoms with Crippen molar-refractivity contribution in [2.45, 2.75) is 18.8 Å². The number of hydrogen-bond acceptors (Lipinski definition) is 3. The van der Waals surface area contributed by atoms with Crippen molar-refractivity contribution in [3.8, 4) is 0 Å². The molecule has 3 aliphatic rings. The molecule has 3 heteroatoms. The van der Waals surface area contributed by atoms with Gasteiger partial charge in [0.1, 0.15) is 5.41 Å². The summed E-state index contributed by atoms with van der Waals surface area (Å²) in [6, 6.07) is 14.3. The fraction of sp³-hybridized carbons (Fsp3) is 0.190. The number of benzene rings is 2. The molecule has 1 spiro atoms. The maximum Gasteiger partial charge on any atom is 0.190 e. The average molecular weight is 314 g/mol. The number of Topliss-reactive ketones (excluding diaryl/α,β-unsaturated/α-hetero) is 3. The summed E-state index contributed by atoms with van der Waals surface area (Å²) in [4.78, 5) is 39.6. The summed E-state index contributed by atoms with van der Waals surface area (Å²) in [5.41, 5.74) is 1.48. The molecule has 2 atom stereocenters. The lowest BCUT2D eigenvalue weighted by Crippen LogP contribution is -2.52. The van der Waals surface area contributed by atoms with Crippen LogP contribution < -0.4 is 0 Å². The molecule has 116 valence electrons. The van der Waals surface area contributed by atoms with Crippen molar-refractivity contribution in [2.75, 3.05) is 0 Å². The van der Waals surface area contributed by atoms with E-state index >= 15 is 0 Å². The zero-order chi connectivity index (χ0) is 16.5. The number of carbonyl (C=O) groups is 3. The molecule has 0 radical (unpaired) electrons. The van der Waals surface area contributed by atoms with E-state index in [4.69, 9.17) is 0 Å². The Kier molecular flexibility index (Phi) is 2.49. The fourth-order valence-electron chi connectivity index (χ4n) is 4.60. The number of hydrogen-bond donors (Lipinski definition) is 0. The molecule has 0 aromatic heterocycles. The van der Waals surface area contributed by atoms with Gasteiger partial charge in [0.2, 0.25) is 0 Å². The highest BCUT2D eigenvalue weighted by Gasteiger charge is 2.59. The number of fused-ring (bicyclic) bond motifs is 4. The summed E-state index contributed by atoms with van der Waals surface area (Å²) in [5, 5.41) is 0. The Morgan fingerprint density at radius 2 is 1.42 bits per heavy atom. The Morgan fingerprint density at radius 1 is 0.792 bits per heavy atom. The second kappa shape index (κ2) is 4.38. The highest BCUT2D eigenvalue weighted by atomic mass is 16.2. The third-order valence-corrected chi connectivity index (χ3v) is 5.70. The summed E-state index contributed by atoms with van der Waals surface area (Å²) in [5.74, 6) is -0.484. The van der Waals surface area contributed by atoms with Crippen LogP contribution in [0.4, 0.5) is 0 Å². The van der Waals surface area contributed by atoms with E-state index in [0.29, 0.717) is 35.1 Å². The molecule has 2 unspecified atom stereocenters. The molecule has 0 heterocycles. The Morgan fingerprint density at radius 3 is 2.21 bits per heavy atom. The summed E-state index contributed by atoms with van der Waals surface area (Å²) >= 11 is 0. The largest absolute Gasteiger partial charge is 0.293 e. The molecule has 24 heavy (non-hydrogen) atoms. The fourth-order valence-corrected chi connectivity index (χ4v) is 4.60. The quantitative estimate of drug-likeness (QED) is 0.696. The van der Waals surface area contributed by atoms with Crippen LogP contribution >= 0.6 is 0 Å². The molecule has 0 fully saturated rings. The minimum Gasteiger partial charge on any atom is -0.293 e. The summed E-state index contributed by atoms with van der Waals surface area (Å²) in [7, 11) is 0. The number of carbonyl (C=O) groups excluding carboxylic acids is 3. The zero-order valence-electron chi connectivity index (χ0n) is 12.9. The van der Waals surface area contributed by atoms with Crippen LogP contribution in [0.2, 0.25) is 0 Å². The van der Waals surface area contributed by atoms with E-state index in [9.17, 15) is 14.4 Å². The third kappa shape index (κ3) is 1.41. The van der Waals surface area contributed by atoms with Crippen LogP contribution in [0.25, 0.3) is 0 Å². The molecule has 3 nitrogen and oxygen atoms in total. The van der Waals surface area contributed by atoms with Crippen LogP contribution in [0.15, 0.2) is 60.2 Å². The molecule has 3 aliphatic carbocycles. The van der Waals surface area contributed by atoms with Gasteiger partial charge < -0.3 is 0 Å². The van der Waals surface area contributed by atoms with Gasteiger partial charge in [0.25, 0.3) is 0 Å². The van der Waals surface area contributed by atoms with Gasteiger partial charge in [-0.15, -0.1) is 0 Å². The van der Waals surface area contributed by atoms with E-state index in [-0.39, 0.29) is 23.3 Å². The smallest absolute Gasteiger partial charge is 0.190 e. The van der Waals surface area contributed by atoms with Crippen LogP contribution in [-0.2, 0) is 0 Å². The maximum absolute atomic E-state index is 13.3. The summed E-state index contributed by atoms with van der Waals surface area (Å²) in [6.45, 7) is 0. The van der Waals surface area contributed by atoms with Gasteiger partial charge >= 0.3 is 0 Å². The second-order valence-electron chi connectivity index (χ2n) is 6.78. The number of ketones is 3. The highest BCUT2D eigenvalue weighted by Crippen LogP contribution is 2.55. The Bertz CT molecular complexity index is 982. The minimum atomic E-state index is -1.32. The first-order chi connectivity index (χ1) is 11.6. The van der Waals surface area contributed by atoms with E-state index in [0.717, 1.165) is 5.56 Å². The number of rotatable bonds is 0. The zero-order valence-corrected chi connectivity index (χ0v) is 12.9. The minimum absolute atomic E-state index is 0.115. The molecular weight excluding hydrogens is 300 g/mol. The van der Waals surface area contributed by atoms with Gasteiger partial charge in [-0.25, -0.2) is 0 Å². The van der Waals surface area contributed by atoms with E-state index in [1.807, 2.05) is 24.3 Å². The number of allylic oxidation sites excluding steroid dienone is 2. The predicted octanol–water partition coefficient (Wildman–Crippen LogP) is 3.75. The van der Waals surface area contributed by atoms with E-state index in [2.05, 4.69) is 0 Å². The molecule has 0 N–H and O–H groups in total. The predicted molar refractivity (Wildman–Crippen MR) is 88.4 cm³/mol. The van der Waals surface area contributed by atoms with Crippen molar-refractivity contribution >= 4 is 17.3 Å². The van der Waals surface area contributed by atoms with Gasteiger partial charge in [0, 0.05) is 22.3 Å². The Balaban J connectivity index is 1.83. The van der Waals surface area contributed by atoms with Crippen LogP contribution in [0, 0.1) is 5.41 Å². The Labute approximate surface area is 139 Å². The van der Waals surface area contributed by atoms with E-state index in [1.54, 1.807) is 30.3 Å². The first-order valence-electron chi connectivity index (χ1n) is 8.17. The topological polar surface area (TPSA) is 51.2 Å². The van der Waals surface area contributed by atoms with Crippen molar-refractivity contribution in [1.29, 1.82) is 0 Å². The van der Waals surface area contributed by atoms with Crippen molar-refractivity contribution in [3.63, 3.8) is 0 Å². The molecular formula is C21H14O3. The SMILES string of the molecule is O=C1C2=CCC3CC2(C(=O)c2ccccc21)C(=O)c1ccccc13. The summed E-state index contributed by atoms with van der Waals surface area (Å²) < 4.78 is 0. The second-order valence-corrected chi connectivity index (χ2v) is 6.78. The van der Waals surface area contributed by atoms with Crippen LogP contribution in [0.5, 0.6) is 0 Å². The molecule has 2 bridgehead atoms. The van der Waals surface area contributed by atoms with Gasteiger partial charge in [0.15, 0.2) is 17.3 Å². The van der Waals surface area contributed by atoms with Crippen molar-refractivity contribution in [2.24, 2.45) is 5.41 Å². The van der Waals surface area contributed by atoms with Crippen molar-refractivity contribution in [1.82, 2.24) is 0 Å². The maximum atomic E-state index is 13.3. The molecule has 2 aromatic rings. The lowest BCUT2D eigenvalue weighted by molar-refractivity contribution is 0.0623. The van der Waals surface area contributed by atoms with Gasteiger partial charge in [-0.05, 0) is 24.3 Å². The third-order valence-electron chi connectivity index (χ3n) is 5.70. The molecule has 0 saturated carbocycles. The van der Waals surface area contributed by atoms with Crippen LogP contribution in [0.3, 0.4) is 0 Å². The molecule has 0 saturated heterocycles. The van der Waals surface area contributed by atoms with Gasteiger partial charge in [0.05, 0.1) is 0 Å². The normalized spacial score (nSPS) is 27.1. The lowest BCUT2D eigenvalue weighted by Gasteiger charge is -2.45. The lowest BCUT2D eigenvalue weighted by atomic mass is 9.53. The molecule has 5 rings (SSSR count). The van der Waals surface area contributed by atoms with Crippen molar-refractivity contribution in [3.05, 3.63) is 82.4 Å². The first-order valence-corrected chi connectivity index (χ1v) is 8.17. The standard InChI is InChI=1S/C21H14O3/c22-18-14-6-2-4-8-16(14)20(24)21-11-12(9-10-17(18)21)13-5-1-3-7-15(13)19(21)23/h1-8,10,12H,9,11H2. The van der Waals surface area contributed by atoms with E-state index < -0.39 is 5.41 Å². The average Bonchev–Trinajstić information content (AvgIpc) is 2.64. The highest BCUT2D eigenvalue weighted by molar-refractivity contribution is 6.35. The van der Waals surface area contributed by atoms with Gasteiger partial charge in [-0.2, -0.15) is 0 Å². The van der Waals surface area contributed by atoms with E-state index in [1.165, 1.54) is 0 Å². The first kappa shape index (κ1) is 13.6. The molecule has 0 aliphatic heterocycles. The molecule has 2 aromatic carbocycles. The van der Waals surface area contributed by atoms with Crippen molar-refractivity contribution < 1.29 is 14.4 Å². The van der Waals surface area contributed by atoms with Crippen LogP contribution in [0.1, 0.15) is 55.4 Å². The van der Waals surface area contributed by atoms with Gasteiger partial charge in [-0.3, -0.25) is 14.4 Å². The Hall–Kier alpha value is -2.81. The summed E-state index contributed by atoms with van der Waals surface area (Å²) in [6.07, 6.45) is 2.94. The molecule has 0 amide bonds. The monoisotopic (exact) mass is 314 g/mol. The van der Waals surface area contributed by atoms with Gasteiger partial charge in [-0.1, -0.05) is 54.6 Å². The van der Waals surface area contributed by atoms with Crippen LogP contribution in [-0.4, -0.2) is 17.3 Å².